The molecule has 0 aromatic carbocycles. The van der Waals surface area contributed by atoms with Crippen LogP contribution in [0.1, 0.15) is 52.4 Å². The maximum absolute atomic E-state index is 11.1. The lowest BCUT2D eigenvalue weighted by atomic mass is 10.1. The van der Waals surface area contributed by atoms with E-state index in [1.165, 1.54) is 38.5 Å². The highest BCUT2D eigenvalue weighted by atomic mass is 32.2. The molecule has 0 radical (unpaired) electrons. The second-order valence-corrected chi connectivity index (χ2v) is 7.52. The third kappa shape index (κ3) is 16.6. The summed E-state index contributed by atoms with van der Waals surface area (Å²) in [7, 11) is -10.7. The van der Waals surface area contributed by atoms with Gasteiger partial charge >= 0.3 is 31.3 Å². The van der Waals surface area contributed by atoms with Crippen LogP contribution in [0.5, 0.6) is 0 Å². The quantitative estimate of drug-likeness (QED) is 0.223. The van der Waals surface area contributed by atoms with Crippen LogP contribution in [0.4, 0.5) is 26.3 Å². The minimum Gasteiger partial charge on any atom is -0.279 e. The maximum atomic E-state index is 11.1. The van der Waals surface area contributed by atoms with Crippen molar-refractivity contribution in [3.63, 3.8) is 0 Å². The molecule has 1 N–H and O–H groups in total. The van der Waals surface area contributed by atoms with E-state index in [0.717, 1.165) is 0 Å². The van der Waals surface area contributed by atoms with Gasteiger partial charge in [-0.3, -0.25) is 8.74 Å². The van der Waals surface area contributed by atoms with Crippen LogP contribution in [-0.4, -0.2) is 39.5 Å². The molecule has 0 aliphatic rings. The summed E-state index contributed by atoms with van der Waals surface area (Å²) in [5.41, 5.74) is -10.8. The third-order valence-corrected chi connectivity index (χ3v) is 3.84. The first-order valence-electron chi connectivity index (χ1n) is 6.88. The summed E-state index contributed by atoms with van der Waals surface area (Å²) in [5, 5.41) is 0. The molecule has 0 unspecified atom stereocenters. The molecule has 0 heterocycles. The number of hydrogen-bond donors (Lipinski definition) is 1. The Labute approximate surface area is 143 Å². The first-order valence-corrected chi connectivity index (χ1v) is 9.73. The predicted molar refractivity (Wildman–Crippen MR) is 78.6 cm³/mol. The maximum Gasteiger partial charge on any atom is 0.523 e. The van der Waals surface area contributed by atoms with Crippen molar-refractivity contribution in [1.82, 2.24) is 0 Å². The van der Waals surface area contributed by atoms with E-state index in [-0.39, 0.29) is 0 Å². The molecule has 0 aliphatic heterocycles. The molecule has 0 spiro atoms. The second kappa shape index (κ2) is 12.7. The van der Waals surface area contributed by atoms with E-state index in [9.17, 15) is 34.8 Å². The standard InChI is InChI=1S/C8H18.C2H3F3O3S.CHF3O3S/c1-3-5-7-8-6-4-2;1-8-9(6,7)2(3,4)5;2-1(3,4)8(5,6)7/h3-8H2,1-2H3;1H3;(H,5,6,7). The van der Waals surface area contributed by atoms with Crippen molar-refractivity contribution < 1.29 is 51.9 Å². The summed E-state index contributed by atoms with van der Waals surface area (Å²) in [4.78, 5) is 0. The predicted octanol–water partition coefficient (Wildman–Crippen LogP) is 4.24. The lowest BCUT2D eigenvalue weighted by molar-refractivity contribution is -0.0527. The third-order valence-electron chi connectivity index (χ3n) is 2.25. The topological polar surface area (TPSA) is 97.7 Å². The van der Waals surface area contributed by atoms with Crippen molar-refractivity contribution in [1.29, 1.82) is 0 Å². The van der Waals surface area contributed by atoms with Crippen LogP contribution in [0.25, 0.3) is 0 Å². The molecule has 6 nitrogen and oxygen atoms in total. The zero-order valence-corrected chi connectivity index (χ0v) is 15.4. The highest BCUT2D eigenvalue weighted by Crippen LogP contribution is 2.23. The molecule has 0 aromatic rings. The molecule has 0 saturated heterocycles. The van der Waals surface area contributed by atoms with E-state index in [4.69, 9.17) is 13.0 Å². The number of halogens is 6. The van der Waals surface area contributed by atoms with Gasteiger partial charge in [-0.2, -0.15) is 43.2 Å². The van der Waals surface area contributed by atoms with Crippen molar-refractivity contribution >= 4 is 20.2 Å². The fourth-order valence-electron chi connectivity index (χ4n) is 0.948. The smallest absolute Gasteiger partial charge is 0.279 e. The van der Waals surface area contributed by atoms with Crippen LogP contribution in [0.3, 0.4) is 0 Å². The Balaban J connectivity index is -0.000000291. The van der Waals surface area contributed by atoms with E-state index < -0.39 is 31.3 Å². The van der Waals surface area contributed by atoms with E-state index in [1.807, 2.05) is 0 Å². The van der Waals surface area contributed by atoms with Crippen LogP contribution in [0.15, 0.2) is 0 Å². The Kier molecular flexibility index (Phi) is 14.8. The first kappa shape index (κ1) is 29.2. The van der Waals surface area contributed by atoms with Gasteiger partial charge in [0.05, 0.1) is 7.11 Å². The van der Waals surface area contributed by atoms with Crippen molar-refractivity contribution in [2.75, 3.05) is 7.11 Å². The minimum atomic E-state index is -5.84. The Morgan fingerprint density at radius 3 is 1.12 bits per heavy atom. The number of hydrogen-bond acceptors (Lipinski definition) is 5. The fourth-order valence-corrected chi connectivity index (χ4v) is 1.14. The molecule has 0 bridgehead atoms. The van der Waals surface area contributed by atoms with Crippen LogP contribution in [-0.2, 0) is 24.4 Å². The van der Waals surface area contributed by atoms with E-state index in [2.05, 4.69) is 18.0 Å². The Bertz CT molecular complexity index is 518. The average Bonchev–Trinajstić information content (AvgIpc) is 2.42. The van der Waals surface area contributed by atoms with Gasteiger partial charge < -0.3 is 0 Å². The number of rotatable bonds is 6. The molecule has 0 aliphatic carbocycles. The Hall–Kier alpha value is -0.600. The average molecular weight is 428 g/mol. The van der Waals surface area contributed by atoms with Gasteiger partial charge in [-0.15, -0.1) is 0 Å². The molecule has 0 atom stereocenters. The van der Waals surface area contributed by atoms with Gasteiger partial charge in [-0.25, -0.2) is 0 Å². The largest absolute Gasteiger partial charge is 0.523 e. The summed E-state index contributed by atoms with van der Waals surface area (Å²) in [6, 6.07) is 0. The highest BCUT2D eigenvalue weighted by molar-refractivity contribution is 7.87. The van der Waals surface area contributed by atoms with Gasteiger partial charge in [0, 0.05) is 0 Å². The summed E-state index contributed by atoms with van der Waals surface area (Å²) in [6.07, 6.45) is 8.49. The van der Waals surface area contributed by atoms with Crippen molar-refractivity contribution in [3.8, 4) is 0 Å². The second-order valence-electron chi connectivity index (χ2n) is 4.40. The SMILES string of the molecule is CCCCCCCC.COS(=O)(=O)C(F)(F)F.O=S(=O)(O)C(F)(F)F. The van der Waals surface area contributed by atoms with Gasteiger partial charge in [0.25, 0.3) is 0 Å². The molecule has 0 aromatic heterocycles. The first-order chi connectivity index (χ1) is 11.0. The fraction of sp³-hybridized carbons (Fsp3) is 1.00. The van der Waals surface area contributed by atoms with E-state index in [1.54, 1.807) is 0 Å². The zero-order chi connectivity index (χ0) is 20.9. The van der Waals surface area contributed by atoms with Gasteiger partial charge in [0.15, 0.2) is 0 Å². The van der Waals surface area contributed by atoms with Crippen molar-refractivity contribution in [2.24, 2.45) is 0 Å². The minimum absolute atomic E-state index is 0.447. The summed E-state index contributed by atoms with van der Waals surface area (Å²) in [6.45, 7) is 4.51. The van der Waals surface area contributed by atoms with Crippen LogP contribution in [0.2, 0.25) is 0 Å². The number of unbranched alkanes of at least 4 members (excludes halogenated alkanes) is 5. The molecule has 14 heteroatoms. The summed E-state index contributed by atoms with van der Waals surface area (Å²) in [5.74, 6) is 0. The molecule has 156 valence electrons. The lowest BCUT2D eigenvalue weighted by Crippen LogP contribution is -2.23. The highest BCUT2D eigenvalue weighted by Gasteiger charge is 2.46. The molecule has 0 amide bonds. The summed E-state index contributed by atoms with van der Waals surface area (Å²) >= 11 is 0. The monoisotopic (exact) mass is 428 g/mol. The molecule has 25 heavy (non-hydrogen) atoms. The van der Waals surface area contributed by atoms with E-state index >= 15 is 0 Å². The van der Waals surface area contributed by atoms with Gasteiger partial charge in [0.2, 0.25) is 0 Å². The molecule has 0 saturated carbocycles. The molecular weight excluding hydrogens is 406 g/mol. The Morgan fingerprint density at radius 2 is 1.04 bits per heavy atom. The molecular formula is C11H22F6O6S2. The van der Waals surface area contributed by atoms with Crippen LogP contribution in [0, 0.1) is 0 Å². The van der Waals surface area contributed by atoms with Gasteiger partial charge in [0.1, 0.15) is 0 Å². The van der Waals surface area contributed by atoms with Crippen LogP contribution >= 0.6 is 0 Å². The normalized spacial score (nSPS) is 12.6. The molecule has 0 fully saturated rings. The lowest BCUT2D eigenvalue weighted by Gasteiger charge is -2.02. The van der Waals surface area contributed by atoms with Gasteiger partial charge in [-0.1, -0.05) is 52.4 Å². The number of alkyl halides is 6. The zero-order valence-electron chi connectivity index (χ0n) is 13.8. The van der Waals surface area contributed by atoms with Gasteiger partial charge in [-0.05, 0) is 0 Å². The van der Waals surface area contributed by atoms with Crippen molar-refractivity contribution in [2.45, 2.75) is 63.4 Å². The van der Waals surface area contributed by atoms with E-state index in [0.29, 0.717) is 7.11 Å². The van der Waals surface area contributed by atoms with Crippen molar-refractivity contribution in [3.05, 3.63) is 0 Å². The molecule has 0 rings (SSSR count). The Morgan fingerprint density at radius 1 is 0.760 bits per heavy atom. The van der Waals surface area contributed by atoms with Crippen LogP contribution < -0.4 is 0 Å². The summed E-state index contributed by atoms with van der Waals surface area (Å²) < 4.78 is 113.